The molecule has 0 spiro atoms. The number of anilines is 1. The van der Waals surface area contributed by atoms with E-state index >= 15 is 0 Å². The van der Waals surface area contributed by atoms with Gasteiger partial charge in [0.2, 0.25) is 5.88 Å². The molecule has 0 radical (unpaired) electrons. The number of rotatable bonds is 4. The number of benzene rings is 1. The molecule has 1 aromatic heterocycles. The quantitative estimate of drug-likeness (QED) is 0.615. The zero-order chi connectivity index (χ0) is 12.1. The molecule has 0 aliphatic rings. The average molecular weight is 232 g/mol. The standard InChI is InChI=1S/C11H12N4O2/c1-16-8-3-2-4-9(5-8)17-11-7-13-6-10(14-11)15-12/h2-7H,12H2,1H3,(H,14,15). The van der Waals surface area contributed by atoms with Crippen molar-refractivity contribution in [1.82, 2.24) is 9.97 Å². The van der Waals surface area contributed by atoms with E-state index in [4.69, 9.17) is 15.3 Å². The van der Waals surface area contributed by atoms with E-state index in [1.165, 1.54) is 12.4 Å². The first-order chi connectivity index (χ1) is 8.31. The molecule has 6 nitrogen and oxygen atoms in total. The molecule has 0 aliphatic carbocycles. The lowest BCUT2D eigenvalue weighted by Gasteiger charge is -2.06. The van der Waals surface area contributed by atoms with Crippen LogP contribution in [0, 0.1) is 0 Å². The highest BCUT2D eigenvalue weighted by molar-refractivity contribution is 5.36. The van der Waals surface area contributed by atoms with Crippen LogP contribution in [0.5, 0.6) is 17.4 Å². The molecule has 0 amide bonds. The number of nitrogens with two attached hydrogens (primary N) is 1. The molecule has 0 unspecified atom stereocenters. The lowest BCUT2D eigenvalue weighted by molar-refractivity contribution is 0.407. The highest BCUT2D eigenvalue weighted by atomic mass is 16.5. The van der Waals surface area contributed by atoms with Crippen LogP contribution in [0.2, 0.25) is 0 Å². The topological polar surface area (TPSA) is 82.3 Å². The fourth-order valence-corrected chi connectivity index (χ4v) is 1.25. The smallest absolute Gasteiger partial charge is 0.239 e. The first-order valence-electron chi connectivity index (χ1n) is 4.92. The first-order valence-corrected chi connectivity index (χ1v) is 4.92. The van der Waals surface area contributed by atoms with Crippen LogP contribution in [-0.4, -0.2) is 17.1 Å². The molecular formula is C11H12N4O2. The van der Waals surface area contributed by atoms with Gasteiger partial charge < -0.3 is 14.9 Å². The van der Waals surface area contributed by atoms with Gasteiger partial charge >= 0.3 is 0 Å². The summed E-state index contributed by atoms with van der Waals surface area (Å²) in [7, 11) is 1.60. The van der Waals surface area contributed by atoms with Gasteiger partial charge in [0.15, 0.2) is 5.82 Å². The van der Waals surface area contributed by atoms with Crippen LogP contribution in [0.4, 0.5) is 5.82 Å². The van der Waals surface area contributed by atoms with Gasteiger partial charge in [-0.2, -0.15) is 4.98 Å². The fourth-order valence-electron chi connectivity index (χ4n) is 1.25. The number of nitrogens with zero attached hydrogens (tertiary/aromatic N) is 2. The number of aromatic nitrogens is 2. The second kappa shape index (κ2) is 5.13. The Labute approximate surface area is 98.4 Å². The fraction of sp³-hybridized carbons (Fsp3) is 0.0909. The molecule has 88 valence electrons. The van der Waals surface area contributed by atoms with E-state index < -0.39 is 0 Å². The minimum atomic E-state index is 0.355. The minimum absolute atomic E-state index is 0.355. The summed E-state index contributed by atoms with van der Waals surface area (Å²) < 4.78 is 10.6. The second-order valence-electron chi connectivity index (χ2n) is 3.17. The van der Waals surface area contributed by atoms with Crippen LogP contribution in [0.25, 0.3) is 0 Å². The molecule has 0 fully saturated rings. The SMILES string of the molecule is COc1cccc(Oc2cncc(NN)n2)c1. The summed E-state index contributed by atoms with van der Waals surface area (Å²) >= 11 is 0. The van der Waals surface area contributed by atoms with Crippen molar-refractivity contribution in [3.63, 3.8) is 0 Å². The van der Waals surface area contributed by atoms with Gasteiger partial charge in [0.05, 0.1) is 19.5 Å². The molecule has 0 bridgehead atoms. The van der Waals surface area contributed by atoms with E-state index in [0.717, 1.165) is 0 Å². The molecule has 1 aromatic carbocycles. The van der Waals surface area contributed by atoms with Gasteiger partial charge in [-0.1, -0.05) is 6.07 Å². The van der Waals surface area contributed by atoms with Crippen molar-refractivity contribution in [3.8, 4) is 17.4 Å². The zero-order valence-electron chi connectivity index (χ0n) is 9.25. The number of hydrogen-bond acceptors (Lipinski definition) is 6. The molecule has 17 heavy (non-hydrogen) atoms. The third-order valence-corrected chi connectivity index (χ3v) is 2.02. The number of nitrogens with one attached hydrogen (secondary N) is 1. The maximum absolute atomic E-state index is 5.51. The molecule has 1 heterocycles. The lowest BCUT2D eigenvalue weighted by atomic mass is 10.3. The Morgan fingerprint density at radius 3 is 2.82 bits per heavy atom. The van der Waals surface area contributed by atoms with Gasteiger partial charge in [-0.15, -0.1) is 0 Å². The van der Waals surface area contributed by atoms with Gasteiger partial charge in [0.25, 0.3) is 0 Å². The lowest BCUT2D eigenvalue weighted by Crippen LogP contribution is -2.08. The maximum atomic E-state index is 5.51. The van der Waals surface area contributed by atoms with E-state index in [-0.39, 0.29) is 0 Å². The van der Waals surface area contributed by atoms with Gasteiger partial charge in [0.1, 0.15) is 11.5 Å². The summed E-state index contributed by atoms with van der Waals surface area (Å²) in [6.07, 6.45) is 3.00. The third kappa shape index (κ3) is 2.82. The highest BCUT2D eigenvalue weighted by Crippen LogP contribution is 2.23. The highest BCUT2D eigenvalue weighted by Gasteiger charge is 2.01. The Balaban J connectivity index is 2.18. The van der Waals surface area contributed by atoms with E-state index in [1.807, 2.05) is 12.1 Å². The first kappa shape index (κ1) is 11.2. The van der Waals surface area contributed by atoms with Crippen LogP contribution in [0.15, 0.2) is 36.7 Å². The molecule has 6 heteroatoms. The Hall–Kier alpha value is -2.34. The van der Waals surface area contributed by atoms with Crippen molar-refractivity contribution < 1.29 is 9.47 Å². The van der Waals surface area contributed by atoms with Gasteiger partial charge in [-0.25, -0.2) is 5.84 Å². The Morgan fingerprint density at radius 1 is 1.24 bits per heavy atom. The number of ether oxygens (including phenoxy) is 2. The Kier molecular flexibility index (Phi) is 3.37. The van der Waals surface area contributed by atoms with E-state index in [9.17, 15) is 0 Å². The summed E-state index contributed by atoms with van der Waals surface area (Å²) in [5.74, 6) is 7.35. The van der Waals surface area contributed by atoms with Gasteiger partial charge in [0, 0.05) is 6.07 Å². The summed E-state index contributed by atoms with van der Waals surface area (Å²) in [5.41, 5.74) is 2.40. The van der Waals surface area contributed by atoms with Crippen LogP contribution in [-0.2, 0) is 0 Å². The predicted octanol–water partition coefficient (Wildman–Crippen LogP) is 1.56. The van der Waals surface area contributed by atoms with E-state index in [2.05, 4.69) is 15.4 Å². The molecule has 3 N–H and O–H groups in total. The van der Waals surface area contributed by atoms with E-state index in [0.29, 0.717) is 23.2 Å². The summed E-state index contributed by atoms with van der Waals surface area (Å²) in [6, 6.07) is 7.21. The average Bonchev–Trinajstić information content (AvgIpc) is 2.39. The molecule has 0 aliphatic heterocycles. The minimum Gasteiger partial charge on any atom is -0.497 e. The van der Waals surface area contributed by atoms with Crippen molar-refractivity contribution in [1.29, 1.82) is 0 Å². The molecule has 2 aromatic rings. The van der Waals surface area contributed by atoms with Crippen LogP contribution < -0.4 is 20.7 Å². The van der Waals surface area contributed by atoms with Crippen molar-refractivity contribution >= 4 is 5.82 Å². The normalized spacial score (nSPS) is 9.76. The van der Waals surface area contributed by atoms with Crippen molar-refractivity contribution in [2.45, 2.75) is 0 Å². The molecule has 0 saturated heterocycles. The summed E-state index contributed by atoms with van der Waals surface area (Å²) in [4.78, 5) is 8.01. The summed E-state index contributed by atoms with van der Waals surface area (Å²) in [5, 5.41) is 0. The Bertz CT molecular complexity index is 459. The summed E-state index contributed by atoms with van der Waals surface area (Å²) in [6.45, 7) is 0. The van der Waals surface area contributed by atoms with Crippen molar-refractivity contribution in [2.24, 2.45) is 5.84 Å². The monoisotopic (exact) mass is 232 g/mol. The second-order valence-corrected chi connectivity index (χ2v) is 3.17. The molecule has 0 atom stereocenters. The van der Waals surface area contributed by atoms with Crippen LogP contribution in [0.1, 0.15) is 0 Å². The molecular weight excluding hydrogens is 220 g/mol. The van der Waals surface area contributed by atoms with Crippen molar-refractivity contribution in [2.75, 3.05) is 12.5 Å². The molecule has 2 rings (SSSR count). The molecule has 0 saturated carbocycles. The van der Waals surface area contributed by atoms with Crippen LogP contribution in [0.3, 0.4) is 0 Å². The number of nitrogen functional groups attached to an aromatic ring is 1. The number of hydrogen-bond donors (Lipinski definition) is 2. The predicted molar refractivity (Wildman–Crippen MR) is 62.9 cm³/mol. The Morgan fingerprint density at radius 2 is 2.06 bits per heavy atom. The van der Waals surface area contributed by atoms with Crippen molar-refractivity contribution in [3.05, 3.63) is 36.7 Å². The third-order valence-electron chi connectivity index (χ3n) is 2.02. The number of methoxy groups -OCH3 is 1. The van der Waals surface area contributed by atoms with Crippen LogP contribution >= 0.6 is 0 Å². The maximum Gasteiger partial charge on any atom is 0.239 e. The van der Waals surface area contributed by atoms with E-state index in [1.54, 1.807) is 19.2 Å². The number of hydrazine groups is 1. The van der Waals surface area contributed by atoms with Gasteiger partial charge in [-0.3, -0.25) is 4.98 Å². The van der Waals surface area contributed by atoms with Gasteiger partial charge in [-0.05, 0) is 12.1 Å². The zero-order valence-corrected chi connectivity index (χ0v) is 9.25. The largest absolute Gasteiger partial charge is 0.497 e.